The Hall–Kier alpha value is -2.76. The number of carbonyl (C=O) groups excluding carboxylic acids is 2. The van der Waals surface area contributed by atoms with Crippen molar-refractivity contribution in [2.45, 2.75) is 83.5 Å². The molecule has 3 atom stereocenters. The van der Waals surface area contributed by atoms with Crippen LogP contribution in [0.3, 0.4) is 0 Å². The topological polar surface area (TPSA) is 151 Å². The Balaban J connectivity index is 1.53. The normalized spacial score (nSPS) is 27.9. The Kier molecular flexibility index (Phi) is 6.66. The molecular formula is C26H39N7O4. The van der Waals surface area contributed by atoms with Gasteiger partial charge in [0, 0.05) is 44.3 Å². The van der Waals surface area contributed by atoms with Crippen molar-refractivity contribution in [2.24, 2.45) is 11.7 Å². The van der Waals surface area contributed by atoms with Crippen LogP contribution in [0, 0.1) is 5.92 Å². The van der Waals surface area contributed by atoms with E-state index < -0.39 is 17.5 Å². The largest absolute Gasteiger partial charge is 0.438 e. The van der Waals surface area contributed by atoms with Gasteiger partial charge in [0.15, 0.2) is 17.3 Å². The molecule has 0 bridgehead atoms. The van der Waals surface area contributed by atoms with Crippen molar-refractivity contribution in [3.8, 4) is 11.5 Å². The van der Waals surface area contributed by atoms with Gasteiger partial charge in [-0.05, 0) is 52.9 Å². The van der Waals surface area contributed by atoms with Crippen LogP contribution in [0.15, 0.2) is 4.42 Å². The van der Waals surface area contributed by atoms with Crippen LogP contribution in [0.4, 0.5) is 0 Å². The summed E-state index contributed by atoms with van der Waals surface area (Å²) in [5, 5.41) is 14.7. The predicted octanol–water partition coefficient (Wildman–Crippen LogP) is 2.00. The summed E-state index contributed by atoms with van der Waals surface area (Å²) in [7, 11) is 0. The molecule has 0 aromatic carbocycles. The van der Waals surface area contributed by atoms with Gasteiger partial charge in [-0.1, -0.05) is 6.92 Å². The fraction of sp³-hybridized carbons (Fsp3) is 0.692. The Morgan fingerprint density at radius 1 is 1.22 bits per heavy atom. The number of nitrogens with zero attached hydrogens (tertiary/aromatic N) is 3. The van der Waals surface area contributed by atoms with Crippen LogP contribution < -0.4 is 16.4 Å². The van der Waals surface area contributed by atoms with E-state index in [1.54, 1.807) is 0 Å². The summed E-state index contributed by atoms with van der Waals surface area (Å²) in [6.45, 7) is 13.1. The van der Waals surface area contributed by atoms with E-state index in [1.807, 2.05) is 20.8 Å². The average molecular weight is 514 g/mol. The van der Waals surface area contributed by atoms with E-state index in [-0.39, 0.29) is 28.9 Å². The fourth-order valence-electron chi connectivity index (χ4n) is 6.13. The number of rotatable bonds is 6. The van der Waals surface area contributed by atoms with Crippen molar-refractivity contribution in [1.29, 1.82) is 0 Å². The van der Waals surface area contributed by atoms with Gasteiger partial charge < -0.3 is 25.1 Å². The van der Waals surface area contributed by atoms with Gasteiger partial charge in [-0.15, -0.1) is 0 Å². The molecule has 3 aliphatic rings. The highest BCUT2D eigenvalue weighted by Crippen LogP contribution is 2.44. The summed E-state index contributed by atoms with van der Waals surface area (Å²) in [6, 6.07) is -0.485. The summed E-state index contributed by atoms with van der Waals surface area (Å²) in [6.07, 6.45) is 3.44. The number of nitrogens with two attached hydrogens (primary N) is 1. The first-order chi connectivity index (χ1) is 17.5. The van der Waals surface area contributed by atoms with Crippen LogP contribution in [0.5, 0.6) is 0 Å². The lowest BCUT2D eigenvalue weighted by atomic mass is 9.81. The lowest BCUT2D eigenvalue weighted by molar-refractivity contribution is -0.143. The van der Waals surface area contributed by atoms with Crippen LogP contribution in [0.2, 0.25) is 0 Å². The monoisotopic (exact) mass is 513 g/mol. The standard InChI is InChI=1S/C26H39N7O4/c1-6-16-29-20(23(27)34)21(37-16)18-17-19(30-25(3,4)22(17)32-31-18)24(35)33-12-14(2)28-13-26(33,5)11-15-7-9-36-10-8-15/h14-15,19,28,30H,6-13H2,1-5H3,(H2,27,34)(H,31,32)/t14-,19?,26+/m1/s1. The first-order valence-electron chi connectivity index (χ1n) is 13.3. The zero-order valence-electron chi connectivity index (χ0n) is 22.4. The third-order valence-corrected chi connectivity index (χ3v) is 8.17. The molecule has 11 heteroatoms. The van der Waals surface area contributed by atoms with E-state index in [1.165, 1.54) is 0 Å². The molecule has 3 aliphatic heterocycles. The maximum atomic E-state index is 14.4. The number of aryl methyl sites for hydroxylation is 1. The quantitative estimate of drug-likeness (QED) is 0.458. The number of primary amides is 1. The van der Waals surface area contributed by atoms with E-state index in [0.717, 1.165) is 44.7 Å². The third kappa shape index (κ3) is 4.57. The maximum absolute atomic E-state index is 14.4. The minimum atomic E-state index is -0.691. The molecular weight excluding hydrogens is 474 g/mol. The SMILES string of the molecule is CCc1nc(C(N)=O)c(-c2n[nH]c3c2C(C(=O)N2C[C@@H](C)NC[C@]2(C)CC2CCOCC2)NC3(C)C)o1. The molecule has 1 unspecified atom stereocenters. The van der Waals surface area contributed by atoms with E-state index in [4.69, 9.17) is 14.9 Å². The number of hydrogen-bond acceptors (Lipinski definition) is 8. The van der Waals surface area contributed by atoms with Gasteiger partial charge in [-0.25, -0.2) is 4.98 Å². The number of fused-ring (bicyclic) bond motifs is 1. The van der Waals surface area contributed by atoms with Gasteiger partial charge in [0.1, 0.15) is 11.7 Å². The first kappa shape index (κ1) is 25.9. The molecule has 0 radical (unpaired) electrons. The van der Waals surface area contributed by atoms with Gasteiger partial charge in [0.05, 0.1) is 16.8 Å². The maximum Gasteiger partial charge on any atom is 0.271 e. The van der Waals surface area contributed by atoms with Crippen molar-refractivity contribution in [3.63, 3.8) is 0 Å². The molecule has 2 saturated heterocycles. The molecule has 202 valence electrons. The highest BCUT2D eigenvalue weighted by molar-refractivity contribution is 5.97. The summed E-state index contributed by atoms with van der Waals surface area (Å²) in [4.78, 5) is 33.0. The van der Waals surface area contributed by atoms with E-state index in [0.29, 0.717) is 36.0 Å². The number of ether oxygens (including phenoxy) is 1. The molecule has 2 aromatic heterocycles. The van der Waals surface area contributed by atoms with E-state index in [9.17, 15) is 9.59 Å². The van der Waals surface area contributed by atoms with Crippen molar-refractivity contribution in [2.75, 3.05) is 26.3 Å². The zero-order valence-corrected chi connectivity index (χ0v) is 22.4. The number of carbonyl (C=O) groups is 2. The molecule has 5 heterocycles. The van der Waals surface area contributed by atoms with Gasteiger partial charge in [0.25, 0.3) is 5.91 Å². The molecule has 37 heavy (non-hydrogen) atoms. The first-order valence-corrected chi connectivity index (χ1v) is 13.3. The average Bonchev–Trinajstić information content (AvgIpc) is 3.55. The summed E-state index contributed by atoms with van der Waals surface area (Å²) in [5.74, 6) is 0.417. The van der Waals surface area contributed by atoms with Crippen molar-refractivity contribution in [1.82, 2.24) is 30.7 Å². The minimum Gasteiger partial charge on any atom is -0.438 e. The Bertz CT molecular complexity index is 1180. The number of amides is 2. The minimum absolute atomic E-state index is 0.00626. The van der Waals surface area contributed by atoms with Crippen LogP contribution in [-0.2, 0) is 21.5 Å². The molecule has 0 spiro atoms. The second kappa shape index (κ2) is 9.52. The van der Waals surface area contributed by atoms with Gasteiger partial charge in [-0.2, -0.15) is 5.10 Å². The molecule has 5 rings (SSSR count). The van der Waals surface area contributed by atoms with Crippen molar-refractivity contribution in [3.05, 3.63) is 22.8 Å². The van der Waals surface area contributed by atoms with Crippen LogP contribution in [-0.4, -0.2) is 69.8 Å². The van der Waals surface area contributed by atoms with Gasteiger partial charge in [-0.3, -0.25) is 20.0 Å². The Labute approximate surface area is 217 Å². The number of piperazine rings is 1. The fourth-order valence-corrected chi connectivity index (χ4v) is 6.13. The molecule has 2 amide bonds. The highest BCUT2D eigenvalue weighted by Gasteiger charge is 2.50. The van der Waals surface area contributed by atoms with E-state index in [2.05, 4.69) is 44.6 Å². The molecule has 5 N–H and O–H groups in total. The second-order valence-electron chi connectivity index (χ2n) is 11.6. The smallest absolute Gasteiger partial charge is 0.271 e. The predicted molar refractivity (Wildman–Crippen MR) is 137 cm³/mol. The van der Waals surface area contributed by atoms with Crippen LogP contribution >= 0.6 is 0 Å². The van der Waals surface area contributed by atoms with Crippen molar-refractivity contribution < 1.29 is 18.7 Å². The third-order valence-electron chi connectivity index (χ3n) is 8.17. The number of aromatic amines is 1. The molecule has 0 saturated carbocycles. The number of hydrogen-bond donors (Lipinski definition) is 4. The summed E-state index contributed by atoms with van der Waals surface area (Å²) in [5.41, 5.74) is 6.66. The number of oxazole rings is 1. The molecule has 2 aromatic rings. The Morgan fingerprint density at radius 2 is 1.95 bits per heavy atom. The van der Waals surface area contributed by atoms with Crippen LogP contribution in [0.25, 0.3) is 11.5 Å². The lowest BCUT2D eigenvalue weighted by Gasteiger charge is -2.50. The van der Waals surface area contributed by atoms with Crippen LogP contribution in [0.1, 0.15) is 87.6 Å². The van der Waals surface area contributed by atoms with E-state index >= 15 is 0 Å². The number of aromatic nitrogens is 3. The lowest BCUT2D eigenvalue weighted by Crippen LogP contribution is -2.66. The molecule has 0 aliphatic carbocycles. The second-order valence-corrected chi connectivity index (χ2v) is 11.6. The Morgan fingerprint density at radius 3 is 2.62 bits per heavy atom. The summed E-state index contributed by atoms with van der Waals surface area (Å²) < 4.78 is 11.5. The number of nitrogens with one attached hydrogen (secondary N) is 3. The van der Waals surface area contributed by atoms with Gasteiger partial charge >= 0.3 is 0 Å². The number of H-pyrrole nitrogens is 1. The van der Waals surface area contributed by atoms with Gasteiger partial charge in [0.2, 0.25) is 5.91 Å². The molecule has 2 fully saturated rings. The zero-order chi connectivity index (χ0) is 26.5. The highest BCUT2D eigenvalue weighted by atomic mass is 16.5. The molecule has 11 nitrogen and oxygen atoms in total. The van der Waals surface area contributed by atoms with Crippen molar-refractivity contribution >= 4 is 11.8 Å². The summed E-state index contributed by atoms with van der Waals surface area (Å²) >= 11 is 0.